The van der Waals surface area contributed by atoms with Gasteiger partial charge >= 0.3 is 5.97 Å². The van der Waals surface area contributed by atoms with Crippen LogP contribution in [-0.4, -0.2) is 17.5 Å². The summed E-state index contributed by atoms with van der Waals surface area (Å²) in [5, 5.41) is 0. The van der Waals surface area contributed by atoms with E-state index in [2.05, 4.69) is 15.9 Å². The van der Waals surface area contributed by atoms with Crippen molar-refractivity contribution in [2.45, 2.75) is 26.2 Å². The zero-order chi connectivity index (χ0) is 22.7. The van der Waals surface area contributed by atoms with E-state index in [0.29, 0.717) is 22.4 Å². The molecule has 0 spiro atoms. The van der Waals surface area contributed by atoms with Gasteiger partial charge in [-0.1, -0.05) is 84.4 Å². The zero-order valence-corrected chi connectivity index (χ0v) is 19.3. The molecule has 3 aromatic rings. The molecule has 5 rings (SSSR count). The Kier molecular flexibility index (Phi) is 4.71. The number of hydrogen-bond donors (Lipinski definition) is 0. The summed E-state index contributed by atoms with van der Waals surface area (Å²) < 4.78 is 6.47. The van der Waals surface area contributed by atoms with Gasteiger partial charge in [0.1, 0.15) is 5.75 Å². The van der Waals surface area contributed by atoms with Gasteiger partial charge in [-0.2, -0.15) is 0 Å². The maximum atomic E-state index is 13.9. The summed E-state index contributed by atoms with van der Waals surface area (Å²) in [7, 11) is 0. The molecule has 3 atom stereocenters. The Morgan fingerprint density at radius 3 is 2.25 bits per heavy atom. The number of fused-ring (bicyclic) bond motifs is 3. The van der Waals surface area contributed by atoms with E-state index < -0.39 is 22.7 Å². The van der Waals surface area contributed by atoms with Crippen molar-refractivity contribution in [3.8, 4) is 5.75 Å². The second-order valence-electron chi connectivity index (χ2n) is 8.59. The predicted molar refractivity (Wildman–Crippen MR) is 124 cm³/mol. The summed E-state index contributed by atoms with van der Waals surface area (Å²) in [5.41, 5.74) is -0.151. The molecule has 1 aliphatic carbocycles. The third-order valence-electron chi connectivity index (χ3n) is 7.04. The van der Waals surface area contributed by atoms with Crippen LogP contribution in [0.5, 0.6) is 5.75 Å². The lowest BCUT2D eigenvalue weighted by Crippen LogP contribution is -2.39. The van der Waals surface area contributed by atoms with Crippen molar-refractivity contribution in [2.75, 3.05) is 0 Å². The third kappa shape index (κ3) is 2.64. The predicted octanol–water partition coefficient (Wildman–Crippen LogP) is 5.79. The molecule has 3 unspecified atom stereocenters. The molecule has 1 fully saturated rings. The molecule has 0 saturated heterocycles. The Morgan fingerprint density at radius 1 is 0.938 bits per heavy atom. The molecule has 4 nitrogen and oxygen atoms in total. The fraction of sp³-hybridized carbons (Fsp3) is 0.222. The molecule has 0 bridgehead atoms. The first kappa shape index (κ1) is 20.8. The topological polar surface area (TPSA) is 60.4 Å². The van der Waals surface area contributed by atoms with Gasteiger partial charge in [0, 0.05) is 27.1 Å². The van der Waals surface area contributed by atoms with Crippen molar-refractivity contribution in [1.82, 2.24) is 0 Å². The molecule has 2 aliphatic rings. The van der Waals surface area contributed by atoms with Crippen molar-refractivity contribution < 1.29 is 19.1 Å². The Bertz CT molecular complexity index is 1260. The maximum absolute atomic E-state index is 13.9. The number of halogens is 1. The van der Waals surface area contributed by atoms with Crippen LogP contribution in [0.2, 0.25) is 0 Å². The van der Waals surface area contributed by atoms with E-state index in [1.165, 1.54) is 0 Å². The van der Waals surface area contributed by atoms with Gasteiger partial charge in [-0.15, -0.1) is 0 Å². The summed E-state index contributed by atoms with van der Waals surface area (Å²) in [5.74, 6) is -1.46. The fourth-order valence-electron chi connectivity index (χ4n) is 5.29. The lowest BCUT2D eigenvalue weighted by Gasteiger charge is -2.23. The molecule has 160 valence electrons. The van der Waals surface area contributed by atoms with Crippen molar-refractivity contribution in [2.24, 2.45) is 10.8 Å². The van der Waals surface area contributed by atoms with E-state index in [0.717, 1.165) is 16.5 Å². The second kappa shape index (κ2) is 7.24. The second-order valence-corrected chi connectivity index (χ2v) is 9.51. The van der Waals surface area contributed by atoms with Crippen molar-refractivity contribution in [3.05, 3.63) is 99.5 Å². The number of rotatable bonds is 5. The summed E-state index contributed by atoms with van der Waals surface area (Å²) in [4.78, 5) is 41.2. The van der Waals surface area contributed by atoms with Gasteiger partial charge in [-0.05, 0) is 30.2 Å². The highest BCUT2D eigenvalue weighted by molar-refractivity contribution is 9.10. The summed E-state index contributed by atoms with van der Waals surface area (Å²) in [6.45, 7) is 3.78. The largest absolute Gasteiger partial charge is 0.425 e. The first-order valence-corrected chi connectivity index (χ1v) is 11.4. The molecule has 32 heavy (non-hydrogen) atoms. The molecular weight excluding hydrogens is 468 g/mol. The zero-order valence-electron chi connectivity index (χ0n) is 17.7. The number of benzene rings is 3. The molecule has 1 heterocycles. The SMILES string of the molecule is CCc1ccc(C(=O)C2(C)C3c4cc(Br)ccc4OC(=O)C32C(=O)c2ccccc2)cc1. The number of aryl methyl sites for hydroxylation is 1. The average Bonchev–Trinajstić information content (AvgIpc) is 3.42. The van der Waals surface area contributed by atoms with Gasteiger partial charge in [-0.3, -0.25) is 14.4 Å². The van der Waals surface area contributed by atoms with E-state index in [9.17, 15) is 14.4 Å². The van der Waals surface area contributed by atoms with Gasteiger partial charge in [0.2, 0.25) is 0 Å². The van der Waals surface area contributed by atoms with Crippen LogP contribution in [0.15, 0.2) is 77.3 Å². The standard InChI is InChI=1S/C27H21BrO4/c1-3-16-9-11-18(12-10-16)23(29)26(2)22-20-15-19(28)13-14-21(20)32-25(31)27(22,26)24(30)17-7-5-4-6-8-17/h4-15,22H,3H2,1-2H3. The third-order valence-corrected chi connectivity index (χ3v) is 7.54. The Balaban J connectivity index is 1.70. The molecule has 0 amide bonds. The molecular formula is C27H21BrO4. The fourth-order valence-corrected chi connectivity index (χ4v) is 5.67. The van der Waals surface area contributed by atoms with Crippen LogP contribution in [-0.2, 0) is 11.2 Å². The molecule has 0 aromatic heterocycles. The van der Waals surface area contributed by atoms with Crippen LogP contribution >= 0.6 is 15.9 Å². The number of hydrogen-bond acceptors (Lipinski definition) is 4. The van der Waals surface area contributed by atoms with Gasteiger partial charge in [0.15, 0.2) is 17.0 Å². The summed E-state index contributed by atoms with van der Waals surface area (Å²) in [6.07, 6.45) is 0.860. The monoisotopic (exact) mass is 488 g/mol. The van der Waals surface area contributed by atoms with E-state index in [1.807, 2.05) is 31.2 Å². The van der Waals surface area contributed by atoms with Crippen LogP contribution in [0.3, 0.4) is 0 Å². The summed E-state index contributed by atoms with van der Waals surface area (Å²) in [6, 6.07) is 21.4. The quantitative estimate of drug-likeness (QED) is 0.197. The van der Waals surface area contributed by atoms with E-state index in [-0.39, 0.29) is 11.6 Å². The highest BCUT2D eigenvalue weighted by Gasteiger charge is 2.87. The average molecular weight is 489 g/mol. The lowest BCUT2D eigenvalue weighted by molar-refractivity contribution is -0.140. The van der Waals surface area contributed by atoms with Gasteiger partial charge in [0.25, 0.3) is 0 Å². The summed E-state index contributed by atoms with van der Waals surface area (Å²) >= 11 is 3.48. The molecule has 5 heteroatoms. The normalized spacial score (nSPS) is 25.3. The van der Waals surface area contributed by atoms with Crippen molar-refractivity contribution in [1.29, 1.82) is 0 Å². The number of carbonyl (C=O) groups is 3. The lowest BCUT2D eigenvalue weighted by atomic mass is 9.82. The highest BCUT2D eigenvalue weighted by Crippen LogP contribution is 2.79. The van der Waals surface area contributed by atoms with Gasteiger partial charge in [-0.25, -0.2) is 0 Å². The van der Waals surface area contributed by atoms with E-state index >= 15 is 0 Å². The van der Waals surface area contributed by atoms with Crippen molar-refractivity contribution >= 4 is 33.5 Å². The van der Waals surface area contributed by atoms with Gasteiger partial charge < -0.3 is 4.74 Å². The van der Waals surface area contributed by atoms with Crippen LogP contribution in [0.1, 0.15) is 51.6 Å². The first-order valence-electron chi connectivity index (χ1n) is 10.6. The Hall–Kier alpha value is -3.05. The molecule has 0 radical (unpaired) electrons. The Morgan fingerprint density at radius 2 is 1.59 bits per heavy atom. The number of carbonyl (C=O) groups excluding carboxylic acids is 3. The Labute approximate surface area is 194 Å². The highest BCUT2D eigenvalue weighted by atomic mass is 79.9. The smallest absolute Gasteiger partial charge is 0.327 e. The van der Waals surface area contributed by atoms with E-state index in [1.54, 1.807) is 55.5 Å². The molecule has 3 aromatic carbocycles. The molecule has 1 saturated carbocycles. The van der Waals surface area contributed by atoms with Crippen LogP contribution in [0.4, 0.5) is 0 Å². The minimum absolute atomic E-state index is 0.223. The van der Waals surface area contributed by atoms with Gasteiger partial charge in [0.05, 0.1) is 5.41 Å². The maximum Gasteiger partial charge on any atom is 0.327 e. The van der Waals surface area contributed by atoms with Crippen molar-refractivity contribution in [3.63, 3.8) is 0 Å². The molecule has 1 aliphatic heterocycles. The number of esters is 1. The number of Topliss-reactive ketones (excluding diaryl/α,β-unsaturated/α-hetero) is 2. The van der Waals surface area contributed by atoms with E-state index in [4.69, 9.17) is 4.74 Å². The minimum Gasteiger partial charge on any atom is -0.425 e. The number of ketones is 2. The number of ether oxygens (including phenoxy) is 1. The van der Waals surface area contributed by atoms with Crippen LogP contribution in [0, 0.1) is 10.8 Å². The first-order chi connectivity index (χ1) is 15.4. The minimum atomic E-state index is -1.59. The van der Waals surface area contributed by atoms with Crippen LogP contribution < -0.4 is 4.74 Å². The molecule has 0 N–H and O–H groups in total. The van der Waals surface area contributed by atoms with Crippen LogP contribution in [0.25, 0.3) is 0 Å².